The number of aliphatic hydroxyl groups is 1. The fourth-order valence-corrected chi connectivity index (χ4v) is 1.59. The molecule has 1 atom stereocenters. The van der Waals surface area contributed by atoms with E-state index in [2.05, 4.69) is 0 Å². The number of ether oxygens (including phenoxy) is 1. The van der Waals surface area contributed by atoms with E-state index in [0.717, 1.165) is 25.7 Å². The third kappa shape index (κ3) is 8.74. The fourth-order valence-electron chi connectivity index (χ4n) is 1.43. The predicted molar refractivity (Wildman–Crippen MR) is 65.5 cm³/mol. The van der Waals surface area contributed by atoms with Gasteiger partial charge in [-0.05, 0) is 38.5 Å². The Morgan fingerprint density at radius 3 is 2.69 bits per heavy atom. The maximum absolute atomic E-state index is 11.1. The first-order chi connectivity index (χ1) is 7.74. The Balaban J connectivity index is 4.01. The van der Waals surface area contributed by atoms with Crippen LogP contribution in [0.2, 0.25) is 0 Å². The molecule has 1 N–H and O–H groups in total. The molecule has 0 aromatic carbocycles. The van der Waals surface area contributed by atoms with E-state index in [1.807, 2.05) is 6.08 Å². The van der Waals surface area contributed by atoms with Gasteiger partial charge in [-0.25, -0.2) is 4.79 Å². The van der Waals surface area contributed by atoms with Gasteiger partial charge in [-0.1, -0.05) is 6.08 Å². The van der Waals surface area contributed by atoms with Crippen LogP contribution in [0, 0.1) is 5.92 Å². The van der Waals surface area contributed by atoms with Crippen molar-refractivity contribution >= 4 is 17.6 Å². The maximum atomic E-state index is 11.1. The Morgan fingerprint density at radius 2 is 2.12 bits per heavy atom. The molecule has 94 valence electrons. The lowest BCUT2D eigenvalue weighted by molar-refractivity contribution is -0.137. The molecule has 4 heteroatoms. The highest BCUT2D eigenvalue weighted by molar-refractivity contribution is 6.17. The van der Waals surface area contributed by atoms with Crippen molar-refractivity contribution in [2.75, 3.05) is 19.1 Å². The van der Waals surface area contributed by atoms with Crippen LogP contribution < -0.4 is 0 Å². The number of carbonyl (C=O) groups excluding carboxylic acids is 1. The second kappa shape index (κ2) is 11.0. The minimum atomic E-state index is -0.303. The molecule has 0 heterocycles. The van der Waals surface area contributed by atoms with E-state index in [1.54, 1.807) is 6.92 Å². The summed E-state index contributed by atoms with van der Waals surface area (Å²) in [4.78, 5) is 11.1. The fraction of sp³-hybridized carbons (Fsp3) is 0.750. The smallest absolute Gasteiger partial charge is 0.330 e. The molecule has 0 amide bonds. The van der Waals surface area contributed by atoms with Crippen molar-refractivity contribution in [3.8, 4) is 0 Å². The zero-order valence-corrected chi connectivity index (χ0v) is 10.6. The summed E-state index contributed by atoms with van der Waals surface area (Å²) in [5.41, 5.74) is 0. The van der Waals surface area contributed by atoms with Crippen LogP contribution in [0.5, 0.6) is 0 Å². The largest absolute Gasteiger partial charge is 0.463 e. The zero-order chi connectivity index (χ0) is 12.2. The summed E-state index contributed by atoms with van der Waals surface area (Å²) < 4.78 is 4.80. The standard InChI is InChI=1S/C12H21ClO3/c1-2-16-12(15)8-7-11(5-3-9-13)6-4-10-14/h7-8,11,14H,2-6,9-10H2,1H3/b8-7+. The van der Waals surface area contributed by atoms with Crippen LogP contribution in [-0.2, 0) is 9.53 Å². The topological polar surface area (TPSA) is 46.5 Å². The van der Waals surface area contributed by atoms with Crippen LogP contribution in [0.1, 0.15) is 32.6 Å². The van der Waals surface area contributed by atoms with Crippen molar-refractivity contribution in [1.29, 1.82) is 0 Å². The molecule has 0 fully saturated rings. The molecule has 0 rings (SSSR count). The average molecular weight is 249 g/mol. The van der Waals surface area contributed by atoms with Crippen molar-refractivity contribution in [2.45, 2.75) is 32.6 Å². The Morgan fingerprint density at radius 1 is 1.44 bits per heavy atom. The third-order valence-electron chi connectivity index (χ3n) is 2.23. The summed E-state index contributed by atoms with van der Waals surface area (Å²) in [5.74, 6) is 0.626. The average Bonchev–Trinajstić information content (AvgIpc) is 2.28. The molecular weight excluding hydrogens is 228 g/mol. The highest BCUT2D eigenvalue weighted by Crippen LogP contribution is 2.15. The molecule has 0 aliphatic heterocycles. The summed E-state index contributed by atoms with van der Waals surface area (Å²) >= 11 is 5.63. The number of carbonyl (C=O) groups is 1. The minimum Gasteiger partial charge on any atom is -0.463 e. The molecule has 0 aliphatic rings. The molecule has 16 heavy (non-hydrogen) atoms. The van der Waals surface area contributed by atoms with Crippen molar-refractivity contribution in [3.63, 3.8) is 0 Å². The van der Waals surface area contributed by atoms with Crippen LogP contribution in [0.3, 0.4) is 0 Å². The SMILES string of the molecule is CCOC(=O)/C=C/C(CCCO)CCCCl. The lowest BCUT2D eigenvalue weighted by atomic mass is 9.97. The number of hydrogen-bond donors (Lipinski definition) is 1. The Hall–Kier alpha value is -0.540. The molecule has 3 nitrogen and oxygen atoms in total. The van der Waals surface area contributed by atoms with E-state index >= 15 is 0 Å². The molecular formula is C12H21ClO3. The van der Waals surface area contributed by atoms with Crippen LogP contribution in [0.25, 0.3) is 0 Å². The van der Waals surface area contributed by atoms with Crippen LogP contribution in [-0.4, -0.2) is 30.2 Å². The van der Waals surface area contributed by atoms with E-state index in [0.29, 0.717) is 18.4 Å². The number of halogens is 1. The number of allylic oxidation sites excluding steroid dienone is 1. The Labute approximate surface area is 102 Å². The highest BCUT2D eigenvalue weighted by atomic mass is 35.5. The van der Waals surface area contributed by atoms with E-state index in [1.165, 1.54) is 6.08 Å². The van der Waals surface area contributed by atoms with Gasteiger partial charge in [-0.3, -0.25) is 0 Å². The summed E-state index contributed by atoms with van der Waals surface area (Å²) in [6, 6.07) is 0. The lowest BCUT2D eigenvalue weighted by Gasteiger charge is -2.10. The molecule has 0 aromatic rings. The van der Waals surface area contributed by atoms with Crippen molar-refractivity contribution < 1.29 is 14.6 Å². The highest BCUT2D eigenvalue weighted by Gasteiger charge is 2.05. The van der Waals surface area contributed by atoms with Crippen molar-refractivity contribution in [1.82, 2.24) is 0 Å². The third-order valence-corrected chi connectivity index (χ3v) is 2.50. The second-order valence-corrected chi connectivity index (χ2v) is 3.95. The molecule has 0 bridgehead atoms. The van der Waals surface area contributed by atoms with Gasteiger partial charge in [0.15, 0.2) is 0 Å². The first-order valence-corrected chi connectivity index (χ1v) is 6.29. The van der Waals surface area contributed by atoms with Crippen LogP contribution in [0.4, 0.5) is 0 Å². The van der Waals surface area contributed by atoms with Gasteiger partial charge in [0.25, 0.3) is 0 Å². The van der Waals surface area contributed by atoms with Gasteiger partial charge in [-0.15, -0.1) is 11.6 Å². The van der Waals surface area contributed by atoms with E-state index < -0.39 is 0 Å². The molecule has 0 aromatic heterocycles. The van der Waals surface area contributed by atoms with Gasteiger partial charge in [0.1, 0.15) is 0 Å². The monoisotopic (exact) mass is 248 g/mol. The molecule has 0 saturated carbocycles. The van der Waals surface area contributed by atoms with Gasteiger partial charge in [0.2, 0.25) is 0 Å². The first kappa shape index (κ1) is 15.5. The lowest BCUT2D eigenvalue weighted by Crippen LogP contribution is -2.03. The second-order valence-electron chi connectivity index (χ2n) is 3.57. The Bertz CT molecular complexity index is 196. The van der Waals surface area contributed by atoms with Crippen LogP contribution >= 0.6 is 11.6 Å². The number of esters is 1. The maximum Gasteiger partial charge on any atom is 0.330 e. The summed E-state index contributed by atoms with van der Waals surface area (Å²) in [6.45, 7) is 2.36. The number of alkyl halides is 1. The number of aliphatic hydroxyl groups excluding tert-OH is 1. The van der Waals surface area contributed by atoms with E-state index in [4.69, 9.17) is 21.4 Å². The quantitative estimate of drug-likeness (QED) is 0.388. The zero-order valence-electron chi connectivity index (χ0n) is 9.82. The number of rotatable bonds is 9. The minimum absolute atomic E-state index is 0.185. The molecule has 0 radical (unpaired) electrons. The van der Waals surface area contributed by atoms with E-state index in [-0.39, 0.29) is 12.6 Å². The van der Waals surface area contributed by atoms with Gasteiger partial charge in [-0.2, -0.15) is 0 Å². The normalized spacial score (nSPS) is 12.9. The molecule has 0 saturated heterocycles. The molecule has 1 unspecified atom stereocenters. The first-order valence-electron chi connectivity index (χ1n) is 5.76. The molecule has 0 aliphatic carbocycles. The van der Waals surface area contributed by atoms with Gasteiger partial charge in [0.05, 0.1) is 6.61 Å². The summed E-state index contributed by atoms with van der Waals surface area (Å²) in [7, 11) is 0. The van der Waals surface area contributed by atoms with Gasteiger partial charge in [0, 0.05) is 18.6 Å². The predicted octanol–water partition coefficient (Wildman–Crippen LogP) is 2.51. The van der Waals surface area contributed by atoms with E-state index in [9.17, 15) is 4.79 Å². The van der Waals surface area contributed by atoms with Gasteiger partial charge < -0.3 is 9.84 Å². The molecule has 0 spiro atoms. The van der Waals surface area contributed by atoms with Crippen molar-refractivity contribution in [3.05, 3.63) is 12.2 Å². The van der Waals surface area contributed by atoms with Gasteiger partial charge >= 0.3 is 5.97 Å². The summed E-state index contributed by atoms with van der Waals surface area (Å²) in [5, 5.41) is 8.76. The summed E-state index contributed by atoms with van der Waals surface area (Å²) in [6.07, 6.45) is 6.83. The Kier molecular flexibility index (Phi) is 10.6. The number of hydrogen-bond acceptors (Lipinski definition) is 3. The van der Waals surface area contributed by atoms with Crippen molar-refractivity contribution in [2.24, 2.45) is 5.92 Å². The van der Waals surface area contributed by atoms with Crippen LogP contribution in [0.15, 0.2) is 12.2 Å².